The molecule has 3 aromatic carbocycles. The fourth-order valence-electron chi connectivity index (χ4n) is 3.06. The molecule has 1 heterocycles. The number of fused-ring (bicyclic) bond motifs is 1. The van der Waals surface area contributed by atoms with Crippen molar-refractivity contribution < 1.29 is 0 Å². The van der Waals surface area contributed by atoms with Gasteiger partial charge in [0, 0.05) is 36.7 Å². The highest BCUT2D eigenvalue weighted by molar-refractivity contribution is 5.83. The summed E-state index contributed by atoms with van der Waals surface area (Å²) in [6.45, 7) is 0. The van der Waals surface area contributed by atoms with Gasteiger partial charge in [0.2, 0.25) is 0 Å². The van der Waals surface area contributed by atoms with Gasteiger partial charge in [0.15, 0.2) is 0 Å². The van der Waals surface area contributed by atoms with Crippen LogP contribution in [0.15, 0.2) is 72.8 Å². The minimum absolute atomic E-state index is 0.735. The summed E-state index contributed by atoms with van der Waals surface area (Å²) >= 11 is 0. The lowest BCUT2D eigenvalue weighted by Gasteiger charge is -2.14. The molecule has 0 amide bonds. The maximum atomic E-state index is 5.99. The van der Waals surface area contributed by atoms with Gasteiger partial charge in [-0.2, -0.15) is 0 Å². The van der Waals surface area contributed by atoms with Gasteiger partial charge < -0.3 is 10.6 Å². The Hall–Kier alpha value is -3.27. The van der Waals surface area contributed by atoms with Gasteiger partial charge in [0.05, 0.1) is 11.0 Å². The number of anilines is 2. The zero-order chi connectivity index (χ0) is 17.4. The van der Waals surface area contributed by atoms with E-state index in [1.54, 1.807) is 0 Å². The molecule has 4 heteroatoms. The fraction of sp³-hybridized carbons (Fsp3) is 0.0952. The third-order valence-corrected chi connectivity index (χ3v) is 4.33. The van der Waals surface area contributed by atoms with Gasteiger partial charge in [-0.3, -0.25) is 4.57 Å². The lowest BCUT2D eigenvalue weighted by molar-refractivity contribution is 1.09. The molecule has 4 aromatic rings. The largest absolute Gasteiger partial charge is 0.399 e. The van der Waals surface area contributed by atoms with Crippen molar-refractivity contribution in [1.29, 1.82) is 0 Å². The summed E-state index contributed by atoms with van der Waals surface area (Å²) < 4.78 is 2.18. The van der Waals surface area contributed by atoms with Crippen LogP contribution in [0, 0.1) is 0 Å². The predicted octanol–water partition coefficient (Wildman–Crippen LogP) is 4.34. The maximum absolute atomic E-state index is 5.99. The van der Waals surface area contributed by atoms with Gasteiger partial charge in [-0.15, -0.1) is 0 Å². The second kappa shape index (κ2) is 5.98. The Morgan fingerprint density at radius 1 is 0.880 bits per heavy atom. The Balaban J connectivity index is 1.96. The molecule has 0 radical (unpaired) electrons. The topological polar surface area (TPSA) is 47.1 Å². The molecular weight excluding hydrogens is 308 g/mol. The minimum Gasteiger partial charge on any atom is -0.399 e. The van der Waals surface area contributed by atoms with E-state index in [0.717, 1.165) is 33.8 Å². The van der Waals surface area contributed by atoms with Crippen molar-refractivity contribution in [3.63, 3.8) is 0 Å². The third-order valence-electron chi connectivity index (χ3n) is 4.33. The number of imidazole rings is 1. The molecule has 0 aliphatic heterocycles. The van der Waals surface area contributed by atoms with Crippen molar-refractivity contribution in [1.82, 2.24) is 9.55 Å². The molecule has 0 spiro atoms. The number of hydrogen-bond acceptors (Lipinski definition) is 3. The number of nitrogen functional groups attached to an aromatic ring is 1. The minimum atomic E-state index is 0.735. The van der Waals surface area contributed by atoms with Crippen LogP contribution in [0.2, 0.25) is 0 Å². The average Bonchev–Trinajstić information content (AvgIpc) is 3.01. The second-order valence-corrected chi connectivity index (χ2v) is 6.30. The highest BCUT2D eigenvalue weighted by Crippen LogP contribution is 2.30. The van der Waals surface area contributed by atoms with Gasteiger partial charge in [-0.1, -0.05) is 24.3 Å². The molecule has 2 N–H and O–H groups in total. The van der Waals surface area contributed by atoms with Crippen molar-refractivity contribution in [3.05, 3.63) is 72.8 Å². The van der Waals surface area contributed by atoms with E-state index in [4.69, 9.17) is 10.7 Å². The number of nitrogens with two attached hydrogens (primary N) is 1. The smallest absolute Gasteiger partial charge is 0.145 e. The predicted molar refractivity (Wildman–Crippen MR) is 105 cm³/mol. The zero-order valence-electron chi connectivity index (χ0n) is 14.3. The van der Waals surface area contributed by atoms with Gasteiger partial charge in [-0.05, 0) is 48.5 Å². The average molecular weight is 328 g/mol. The maximum Gasteiger partial charge on any atom is 0.145 e. The van der Waals surface area contributed by atoms with Crippen LogP contribution in [0.5, 0.6) is 0 Å². The van der Waals surface area contributed by atoms with E-state index in [2.05, 4.69) is 39.8 Å². The van der Waals surface area contributed by atoms with Gasteiger partial charge >= 0.3 is 0 Å². The van der Waals surface area contributed by atoms with E-state index < -0.39 is 0 Å². The summed E-state index contributed by atoms with van der Waals surface area (Å²) in [4.78, 5) is 6.95. The van der Waals surface area contributed by atoms with E-state index in [-0.39, 0.29) is 0 Å². The van der Waals surface area contributed by atoms with Gasteiger partial charge in [-0.25, -0.2) is 4.98 Å². The molecule has 4 nitrogen and oxygen atoms in total. The van der Waals surface area contributed by atoms with E-state index in [1.165, 1.54) is 5.69 Å². The Bertz CT molecular complexity index is 1030. The highest BCUT2D eigenvalue weighted by Gasteiger charge is 2.14. The molecule has 0 saturated carbocycles. The van der Waals surface area contributed by atoms with E-state index in [0.29, 0.717) is 0 Å². The zero-order valence-corrected chi connectivity index (χ0v) is 14.3. The third kappa shape index (κ3) is 2.72. The monoisotopic (exact) mass is 328 g/mol. The van der Waals surface area contributed by atoms with E-state index in [1.807, 2.05) is 56.6 Å². The number of benzene rings is 3. The lowest BCUT2D eigenvalue weighted by atomic mass is 10.2. The molecule has 4 rings (SSSR count). The first kappa shape index (κ1) is 15.3. The molecule has 0 atom stereocenters. The van der Waals surface area contributed by atoms with Crippen molar-refractivity contribution >= 4 is 22.4 Å². The Kier molecular flexibility index (Phi) is 3.65. The summed E-state index contributed by atoms with van der Waals surface area (Å²) in [6.07, 6.45) is 0. The molecule has 0 aliphatic rings. The first-order valence-corrected chi connectivity index (χ1v) is 8.24. The number of nitrogens with zero attached hydrogens (tertiary/aromatic N) is 3. The van der Waals surface area contributed by atoms with Crippen LogP contribution in [0.1, 0.15) is 0 Å². The van der Waals surface area contributed by atoms with Crippen LogP contribution in [0.25, 0.3) is 28.1 Å². The van der Waals surface area contributed by atoms with E-state index >= 15 is 0 Å². The second-order valence-electron chi connectivity index (χ2n) is 6.30. The molecule has 0 aliphatic carbocycles. The molecule has 0 fully saturated rings. The van der Waals surface area contributed by atoms with Crippen molar-refractivity contribution in [2.75, 3.05) is 24.7 Å². The van der Waals surface area contributed by atoms with Crippen LogP contribution in [-0.2, 0) is 0 Å². The number of para-hydroxylation sites is 2. The normalized spacial score (nSPS) is 11.0. The first-order valence-electron chi connectivity index (χ1n) is 8.24. The summed E-state index contributed by atoms with van der Waals surface area (Å²) in [5.74, 6) is 0.895. The Morgan fingerprint density at radius 3 is 2.36 bits per heavy atom. The molecule has 0 unspecified atom stereocenters. The molecule has 1 aromatic heterocycles. The SMILES string of the molecule is CN(C)c1ccc(-n2c(-c3cccc(N)c3)nc3ccccc32)cc1. The Labute approximate surface area is 147 Å². The van der Waals surface area contributed by atoms with Gasteiger partial charge in [0.25, 0.3) is 0 Å². The van der Waals surface area contributed by atoms with Crippen molar-refractivity contribution in [2.45, 2.75) is 0 Å². The summed E-state index contributed by atoms with van der Waals surface area (Å²) in [5, 5.41) is 0. The first-order chi connectivity index (χ1) is 12.1. The number of hydrogen-bond donors (Lipinski definition) is 1. The van der Waals surface area contributed by atoms with E-state index in [9.17, 15) is 0 Å². The highest BCUT2D eigenvalue weighted by atomic mass is 15.1. The molecule has 0 saturated heterocycles. The summed E-state index contributed by atoms with van der Waals surface area (Å²) in [6, 6.07) is 24.5. The molecule has 124 valence electrons. The number of aromatic nitrogens is 2. The summed E-state index contributed by atoms with van der Waals surface area (Å²) in [5.41, 5.74) is 12.0. The number of rotatable bonds is 3. The standard InChI is InChI=1S/C21H20N4/c1-24(2)17-10-12-18(13-11-17)25-20-9-4-3-8-19(20)23-21(25)15-6-5-7-16(22)14-15/h3-14H,22H2,1-2H3. The van der Waals surface area contributed by atoms with Crippen LogP contribution < -0.4 is 10.6 Å². The van der Waals surface area contributed by atoms with Crippen molar-refractivity contribution in [2.24, 2.45) is 0 Å². The van der Waals surface area contributed by atoms with Crippen molar-refractivity contribution in [3.8, 4) is 17.1 Å². The van der Waals surface area contributed by atoms with Crippen LogP contribution in [0.4, 0.5) is 11.4 Å². The quantitative estimate of drug-likeness (QED) is 0.569. The summed E-state index contributed by atoms with van der Waals surface area (Å²) in [7, 11) is 4.08. The van der Waals surface area contributed by atoms with Crippen LogP contribution in [0.3, 0.4) is 0 Å². The fourth-order valence-corrected chi connectivity index (χ4v) is 3.06. The molecule has 0 bridgehead atoms. The van der Waals surface area contributed by atoms with Crippen LogP contribution in [-0.4, -0.2) is 23.6 Å². The molecular formula is C21H20N4. The lowest BCUT2D eigenvalue weighted by Crippen LogP contribution is -2.08. The Morgan fingerprint density at radius 2 is 1.64 bits per heavy atom. The molecule has 25 heavy (non-hydrogen) atoms. The van der Waals surface area contributed by atoms with Gasteiger partial charge in [0.1, 0.15) is 5.82 Å². The van der Waals surface area contributed by atoms with Crippen LogP contribution >= 0.6 is 0 Å².